The van der Waals surface area contributed by atoms with Gasteiger partial charge in [0.2, 0.25) is 5.91 Å². The van der Waals surface area contributed by atoms with E-state index in [-0.39, 0.29) is 32.9 Å². The summed E-state index contributed by atoms with van der Waals surface area (Å²) < 4.78 is 15.0. The minimum atomic E-state index is -0.763. The van der Waals surface area contributed by atoms with E-state index >= 15 is 0 Å². The summed E-state index contributed by atoms with van der Waals surface area (Å²) in [6, 6.07) is 15.4. The second-order valence-corrected chi connectivity index (χ2v) is 10.8. The number of hydrogen-bond donors (Lipinski definition) is 3. The van der Waals surface area contributed by atoms with E-state index < -0.39 is 11.9 Å². The molecular formula is C29H20Cl3FN8O. The molecule has 9 nitrogen and oxygen atoms in total. The molecule has 0 aliphatic carbocycles. The summed E-state index contributed by atoms with van der Waals surface area (Å²) in [7, 11) is 0. The number of nitrogens with one attached hydrogen (secondary N) is 3. The number of carbonyl (C=O) groups excluding carboxylic acids is 1. The van der Waals surface area contributed by atoms with Crippen LogP contribution in [0.3, 0.4) is 0 Å². The quantitative estimate of drug-likeness (QED) is 0.162. The Morgan fingerprint density at radius 1 is 1.10 bits per heavy atom. The second kappa shape index (κ2) is 11.4. The maximum atomic E-state index is 15.0. The molecule has 3 heterocycles. The van der Waals surface area contributed by atoms with Crippen LogP contribution < -0.4 is 15.5 Å². The summed E-state index contributed by atoms with van der Waals surface area (Å²) in [4.78, 5) is 18.7. The number of fused-ring (bicyclic) bond motifs is 1. The molecule has 0 unspecified atom stereocenters. The maximum absolute atomic E-state index is 15.0. The van der Waals surface area contributed by atoms with Gasteiger partial charge in [0.1, 0.15) is 11.8 Å². The lowest BCUT2D eigenvalue weighted by Gasteiger charge is -2.23. The number of amides is 1. The van der Waals surface area contributed by atoms with Gasteiger partial charge in [0, 0.05) is 35.3 Å². The first-order valence-electron chi connectivity index (χ1n) is 12.8. The van der Waals surface area contributed by atoms with Crippen LogP contribution in [0.15, 0.2) is 60.9 Å². The summed E-state index contributed by atoms with van der Waals surface area (Å²) in [5.41, 5.74) is 3.65. The molecule has 6 rings (SSSR count). The number of halogens is 4. The lowest BCUT2D eigenvalue weighted by atomic mass is 10.0. The fourth-order valence-electron chi connectivity index (χ4n) is 4.98. The van der Waals surface area contributed by atoms with E-state index in [1.165, 1.54) is 18.3 Å². The minimum Gasteiger partial charge on any atom is -0.371 e. The van der Waals surface area contributed by atoms with Gasteiger partial charge in [-0.3, -0.25) is 9.78 Å². The summed E-state index contributed by atoms with van der Waals surface area (Å²) in [5, 5.41) is 27.9. The van der Waals surface area contributed by atoms with Crippen LogP contribution in [-0.4, -0.2) is 32.8 Å². The van der Waals surface area contributed by atoms with E-state index in [1.807, 2.05) is 24.3 Å². The van der Waals surface area contributed by atoms with Crippen molar-refractivity contribution in [2.75, 3.05) is 22.1 Å². The molecule has 0 spiro atoms. The van der Waals surface area contributed by atoms with E-state index in [0.717, 1.165) is 17.7 Å². The lowest BCUT2D eigenvalue weighted by molar-refractivity contribution is -0.117. The van der Waals surface area contributed by atoms with Crippen LogP contribution in [-0.2, 0) is 4.79 Å². The van der Waals surface area contributed by atoms with Crippen molar-refractivity contribution in [3.8, 4) is 6.07 Å². The fraction of sp³-hybridized carbons (Fsp3) is 0.138. The van der Waals surface area contributed by atoms with Gasteiger partial charge in [-0.25, -0.2) is 4.39 Å². The number of hydrogen-bond acceptors (Lipinski definition) is 7. The number of anilines is 4. The van der Waals surface area contributed by atoms with Crippen molar-refractivity contribution in [2.24, 2.45) is 0 Å². The molecule has 0 bridgehead atoms. The highest BCUT2D eigenvalue weighted by Crippen LogP contribution is 2.39. The maximum Gasteiger partial charge on any atom is 0.227 e. The molecule has 0 radical (unpaired) electrons. The van der Waals surface area contributed by atoms with Gasteiger partial charge < -0.3 is 15.5 Å². The van der Waals surface area contributed by atoms with Crippen molar-refractivity contribution < 1.29 is 9.18 Å². The number of nitrogens with zero attached hydrogens (tertiary/aromatic N) is 5. The normalized spacial score (nSPS) is 13.8. The number of rotatable bonds is 7. The first kappa shape index (κ1) is 27.7. The lowest BCUT2D eigenvalue weighted by Crippen LogP contribution is -2.24. The largest absolute Gasteiger partial charge is 0.371 e. The third-order valence-corrected chi connectivity index (χ3v) is 7.97. The van der Waals surface area contributed by atoms with E-state index in [0.29, 0.717) is 40.3 Å². The van der Waals surface area contributed by atoms with Crippen LogP contribution in [0.2, 0.25) is 15.1 Å². The number of aromatic amines is 1. The first-order chi connectivity index (χ1) is 20.3. The molecule has 1 amide bonds. The third-order valence-electron chi connectivity index (χ3n) is 6.97. The van der Waals surface area contributed by atoms with Crippen molar-refractivity contribution in [3.05, 3.63) is 98.6 Å². The number of aromatic nitrogens is 4. The zero-order chi connectivity index (χ0) is 29.4. The van der Waals surface area contributed by atoms with Gasteiger partial charge in [-0.1, -0.05) is 46.9 Å². The van der Waals surface area contributed by atoms with Crippen LogP contribution >= 0.6 is 34.8 Å². The Hall–Kier alpha value is -4.43. The Morgan fingerprint density at radius 3 is 2.69 bits per heavy atom. The number of pyridine rings is 1. The van der Waals surface area contributed by atoms with Crippen molar-refractivity contribution >= 4 is 74.4 Å². The molecule has 0 saturated carbocycles. The highest BCUT2D eigenvalue weighted by Gasteiger charge is 2.25. The zero-order valence-corrected chi connectivity index (χ0v) is 23.9. The number of nitriles is 1. The SMILES string of the molecule is N#Cc1cnc2c(N[C@@H](c3cccc(N4CCCC4=O)c3)c3cn[nH]n3)cc(Cl)cc2c1Nc1ccc(Cl)c(Cl)c1F. The Labute approximate surface area is 254 Å². The monoisotopic (exact) mass is 620 g/mol. The Bertz CT molecular complexity index is 1880. The van der Waals surface area contributed by atoms with Gasteiger partial charge in [0.15, 0.2) is 5.82 Å². The minimum absolute atomic E-state index is 0.0247. The smallest absolute Gasteiger partial charge is 0.227 e. The van der Waals surface area contributed by atoms with Gasteiger partial charge in [-0.2, -0.15) is 20.7 Å². The summed E-state index contributed by atoms with van der Waals surface area (Å²) in [5.74, 6) is -0.685. The molecule has 3 aromatic carbocycles. The van der Waals surface area contributed by atoms with Crippen molar-refractivity contribution in [2.45, 2.75) is 18.9 Å². The molecule has 1 atom stereocenters. The van der Waals surface area contributed by atoms with Gasteiger partial charge in [-0.05, 0) is 48.4 Å². The topological polar surface area (TPSA) is 123 Å². The van der Waals surface area contributed by atoms with E-state index in [9.17, 15) is 14.4 Å². The molecular weight excluding hydrogens is 602 g/mol. The van der Waals surface area contributed by atoms with Crippen LogP contribution in [0, 0.1) is 17.1 Å². The second-order valence-electron chi connectivity index (χ2n) is 9.57. The van der Waals surface area contributed by atoms with Crippen LogP contribution in [0.25, 0.3) is 10.9 Å². The average molecular weight is 622 g/mol. The average Bonchev–Trinajstić information content (AvgIpc) is 3.68. The third kappa shape index (κ3) is 5.18. The van der Waals surface area contributed by atoms with E-state index in [1.54, 1.807) is 23.2 Å². The number of carbonyl (C=O) groups is 1. The van der Waals surface area contributed by atoms with Crippen molar-refractivity contribution in [3.63, 3.8) is 0 Å². The highest BCUT2D eigenvalue weighted by atomic mass is 35.5. The van der Waals surface area contributed by atoms with E-state index in [4.69, 9.17) is 34.8 Å². The predicted octanol–water partition coefficient (Wildman–Crippen LogP) is 7.40. The highest BCUT2D eigenvalue weighted by molar-refractivity contribution is 6.42. The predicted molar refractivity (Wildman–Crippen MR) is 161 cm³/mol. The van der Waals surface area contributed by atoms with Crippen LogP contribution in [0.4, 0.5) is 27.1 Å². The Morgan fingerprint density at radius 2 is 1.95 bits per heavy atom. The molecule has 1 fully saturated rings. The number of H-pyrrole nitrogens is 1. The standard InChI is InChI=1S/C29H20Cl3FN8O/c30-17-10-19-27(37-21-7-6-20(31)25(32)26(21)33)16(12-34)13-35-29(19)22(11-17)38-28(23-14-36-40-39-23)15-3-1-4-18(9-15)41-8-2-5-24(41)42/h1,3-4,6-7,9-11,13-14,28,38H,2,5,8H2,(H,35,37)(H,36,39,40)/t28-/m0/s1. The summed E-state index contributed by atoms with van der Waals surface area (Å²) in [6.45, 7) is 0.656. The zero-order valence-electron chi connectivity index (χ0n) is 21.6. The molecule has 1 saturated heterocycles. The Balaban J connectivity index is 1.45. The van der Waals surface area contributed by atoms with Gasteiger partial charge in [0.05, 0.1) is 50.4 Å². The van der Waals surface area contributed by atoms with Gasteiger partial charge in [-0.15, -0.1) is 0 Å². The first-order valence-corrected chi connectivity index (χ1v) is 13.9. The van der Waals surface area contributed by atoms with Gasteiger partial charge >= 0.3 is 0 Å². The molecule has 210 valence electrons. The van der Waals surface area contributed by atoms with Crippen LogP contribution in [0.5, 0.6) is 0 Å². The van der Waals surface area contributed by atoms with Gasteiger partial charge in [0.25, 0.3) is 0 Å². The molecule has 3 N–H and O–H groups in total. The molecule has 1 aliphatic rings. The van der Waals surface area contributed by atoms with Crippen LogP contribution in [0.1, 0.15) is 35.7 Å². The molecule has 42 heavy (non-hydrogen) atoms. The van der Waals surface area contributed by atoms with Crippen molar-refractivity contribution in [1.29, 1.82) is 5.26 Å². The summed E-state index contributed by atoms with van der Waals surface area (Å²) in [6.07, 6.45) is 4.31. The molecule has 13 heteroatoms. The summed E-state index contributed by atoms with van der Waals surface area (Å²) >= 11 is 18.6. The molecule has 1 aliphatic heterocycles. The molecule has 5 aromatic rings. The van der Waals surface area contributed by atoms with E-state index in [2.05, 4.69) is 37.1 Å². The Kier molecular flexibility index (Phi) is 7.56. The molecule has 2 aromatic heterocycles. The number of benzene rings is 3. The fourth-order valence-corrected chi connectivity index (χ4v) is 5.51. The van der Waals surface area contributed by atoms with Crippen molar-refractivity contribution in [1.82, 2.24) is 20.4 Å².